The number of unbranched alkanes of at least 4 members (excludes halogenated alkanes) is 1. The summed E-state index contributed by atoms with van der Waals surface area (Å²) in [5.41, 5.74) is 4.42. The van der Waals surface area contributed by atoms with E-state index in [4.69, 9.17) is 11.6 Å². The van der Waals surface area contributed by atoms with Gasteiger partial charge in [0.1, 0.15) is 5.15 Å². The van der Waals surface area contributed by atoms with E-state index in [0.717, 1.165) is 47.3 Å². The molecule has 0 aliphatic rings. The highest BCUT2D eigenvalue weighted by Crippen LogP contribution is 2.28. The monoisotopic (exact) mass is 437 g/mol. The van der Waals surface area contributed by atoms with Gasteiger partial charge in [-0.05, 0) is 47.9 Å². The van der Waals surface area contributed by atoms with E-state index < -0.39 is 0 Å². The lowest BCUT2D eigenvalue weighted by molar-refractivity contribution is 0.647. The maximum Gasteiger partial charge on any atom is 0.329 e. The van der Waals surface area contributed by atoms with Gasteiger partial charge in [0.05, 0.1) is 17.9 Å². The van der Waals surface area contributed by atoms with Crippen LogP contribution >= 0.6 is 11.6 Å². The zero-order valence-corrected chi connectivity index (χ0v) is 18.3. The number of nitrogens with one attached hydrogen (secondary N) is 1. The number of imidazole rings is 1. The Labute approximate surface area is 184 Å². The predicted octanol–water partition coefficient (Wildman–Crippen LogP) is 3.96. The van der Waals surface area contributed by atoms with Crippen molar-refractivity contribution in [2.75, 3.05) is 0 Å². The Morgan fingerprint density at radius 1 is 1.10 bits per heavy atom. The minimum atomic E-state index is -0.0625. The highest BCUT2D eigenvalue weighted by molar-refractivity contribution is 6.30. The molecule has 4 rings (SSSR count). The maximum absolute atomic E-state index is 12.9. The van der Waals surface area contributed by atoms with Crippen molar-refractivity contribution in [3.63, 3.8) is 0 Å². The van der Waals surface area contributed by atoms with Crippen molar-refractivity contribution in [2.24, 2.45) is 0 Å². The van der Waals surface area contributed by atoms with Crippen molar-refractivity contribution < 1.29 is 0 Å². The Morgan fingerprint density at radius 2 is 1.90 bits per heavy atom. The number of H-pyrrole nitrogens is 1. The average Bonchev–Trinajstić information content (AvgIpc) is 3.41. The van der Waals surface area contributed by atoms with Gasteiger partial charge in [-0.2, -0.15) is 0 Å². The number of tetrazole rings is 1. The topological polar surface area (TPSA) is 94.3 Å². The lowest BCUT2D eigenvalue weighted by Gasteiger charge is -2.10. The van der Waals surface area contributed by atoms with Gasteiger partial charge in [0.2, 0.25) is 0 Å². The van der Waals surface area contributed by atoms with Crippen LogP contribution in [0.1, 0.15) is 37.9 Å². The molecule has 0 aliphatic carbocycles. The third-order valence-corrected chi connectivity index (χ3v) is 5.74. The van der Waals surface area contributed by atoms with Crippen LogP contribution in [0.3, 0.4) is 0 Å². The van der Waals surface area contributed by atoms with Crippen molar-refractivity contribution >= 4 is 11.6 Å². The van der Waals surface area contributed by atoms with E-state index >= 15 is 0 Å². The second-order valence-electron chi connectivity index (χ2n) is 7.30. The van der Waals surface area contributed by atoms with Gasteiger partial charge >= 0.3 is 5.69 Å². The van der Waals surface area contributed by atoms with Gasteiger partial charge in [0.15, 0.2) is 5.82 Å². The van der Waals surface area contributed by atoms with Crippen LogP contribution in [-0.2, 0) is 19.5 Å². The third kappa shape index (κ3) is 4.16. The molecular formula is C22H24ClN7O. The average molecular weight is 438 g/mol. The largest absolute Gasteiger partial charge is 0.329 e. The Hall–Kier alpha value is -3.26. The van der Waals surface area contributed by atoms with Crippen LogP contribution in [0.5, 0.6) is 0 Å². The van der Waals surface area contributed by atoms with E-state index in [1.807, 2.05) is 43.3 Å². The standard InChI is InChI=1S/C22H24ClN7O/c1-3-5-8-18-20(23)29(4-2)22(31)30(18)14-15-9-11-16(12-10-15)19-17(7-6-13-24-19)21-25-27-28-26-21/h6-7,9-13H,3-5,8,14H2,1-2H3,(H,25,26,27,28). The van der Waals surface area contributed by atoms with Gasteiger partial charge in [-0.25, -0.2) is 9.89 Å². The highest BCUT2D eigenvalue weighted by atomic mass is 35.5. The number of hydrogen-bond acceptors (Lipinski definition) is 5. The van der Waals surface area contributed by atoms with Crippen molar-refractivity contribution in [3.8, 4) is 22.6 Å². The molecule has 0 fully saturated rings. The summed E-state index contributed by atoms with van der Waals surface area (Å²) in [4.78, 5) is 17.4. The minimum absolute atomic E-state index is 0.0625. The summed E-state index contributed by atoms with van der Waals surface area (Å²) >= 11 is 6.52. The molecule has 0 saturated carbocycles. The fourth-order valence-corrected chi connectivity index (χ4v) is 4.07. The number of pyridine rings is 1. The normalized spacial score (nSPS) is 11.2. The number of aromatic nitrogens is 7. The molecule has 0 aliphatic heterocycles. The van der Waals surface area contributed by atoms with Crippen molar-refractivity contribution in [1.29, 1.82) is 0 Å². The molecule has 0 radical (unpaired) electrons. The summed E-state index contributed by atoms with van der Waals surface area (Å²) in [5, 5.41) is 14.6. The number of aromatic amines is 1. The van der Waals surface area contributed by atoms with Gasteiger partial charge in [-0.15, -0.1) is 5.10 Å². The van der Waals surface area contributed by atoms with Crippen molar-refractivity contribution in [2.45, 2.75) is 46.2 Å². The van der Waals surface area contributed by atoms with Crippen LogP contribution in [0.25, 0.3) is 22.6 Å². The molecule has 31 heavy (non-hydrogen) atoms. The second kappa shape index (κ2) is 9.26. The molecule has 4 aromatic rings. The van der Waals surface area contributed by atoms with Crippen LogP contribution in [0.2, 0.25) is 5.15 Å². The van der Waals surface area contributed by atoms with Crippen LogP contribution in [0.4, 0.5) is 0 Å². The summed E-state index contributed by atoms with van der Waals surface area (Å²) in [6.45, 7) is 5.10. The molecule has 8 nitrogen and oxygen atoms in total. The first-order valence-corrected chi connectivity index (χ1v) is 10.8. The molecule has 0 bridgehead atoms. The van der Waals surface area contributed by atoms with Crippen LogP contribution < -0.4 is 5.69 Å². The number of hydrogen-bond donors (Lipinski definition) is 1. The predicted molar refractivity (Wildman–Crippen MR) is 120 cm³/mol. The minimum Gasteiger partial charge on any atom is -0.290 e. The first-order chi connectivity index (χ1) is 15.1. The van der Waals surface area contributed by atoms with E-state index in [-0.39, 0.29) is 5.69 Å². The quantitative estimate of drug-likeness (QED) is 0.450. The zero-order valence-electron chi connectivity index (χ0n) is 17.5. The molecule has 0 unspecified atom stereocenters. The Balaban J connectivity index is 1.65. The number of rotatable bonds is 8. The molecule has 1 N–H and O–H groups in total. The fourth-order valence-electron chi connectivity index (χ4n) is 3.68. The Morgan fingerprint density at radius 3 is 2.58 bits per heavy atom. The van der Waals surface area contributed by atoms with E-state index in [0.29, 0.717) is 24.1 Å². The number of halogens is 1. The SMILES string of the molecule is CCCCc1c(Cl)n(CC)c(=O)n1Cc1ccc(-c2ncccc2-c2nnn[nH]2)cc1. The summed E-state index contributed by atoms with van der Waals surface area (Å²) in [6.07, 6.45) is 4.57. The molecule has 160 valence electrons. The van der Waals surface area contributed by atoms with Gasteiger partial charge in [-0.1, -0.05) is 49.2 Å². The maximum atomic E-state index is 12.9. The third-order valence-electron chi connectivity index (χ3n) is 5.32. The molecule has 0 amide bonds. The number of benzene rings is 1. The van der Waals surface area contributed by atoms with Crippen LogP contribution in [0.15, 0.2) is 47.4 Å². The van der Waals surface area contributed by atoms with Gasteiger partial charge in [0, 0.05) is 23.9 Å². The summed E-state index contributed by atoms with van der Waals surface area (Å²) in [6, 6.07) is 11.8. The molecular weight excluding hydrogens is 414 g/mol. The molecule has 3 aromatic heterocycles. The van der Waals surface area contributed by atoms with Crippen molar-refractivity contribution in [1.82, 2.24) is 34.7 Å². The van der Waals surface area contributed by atoms with Crippen LogP contribution in [0, 0.1) is 0 Å². The summed E-state index contributed by atoms with van der Waals surface area (Å²) in [5.74, 6) is 0.565. The van der Waals surface area contributed by atoms with E-state index in [1.165, 1.54) is 0 Å². The molecule has 0 atom stereocenters. The summed E-state index contributed by atoms with van der Waals surface area (Å²) < 4.78 is 3.43. The van der Waals surface area contributed by atoms with Gasteiger partial charge in [0.25, 0.3) is 0 Å². The van der Waals surface area contributed by atoms with E-state index in [1.54, 1.807) is 15.3 Å². The molecule has 0 saturated heterocycles. The smallest absolute Gasteiger partial charge is 0.290 e. The molecule has 9 heteroatoms. The van der Waals surface area contributed by atoms with E-state index in [9.17, 15) is 4.79 Å². The molecule has 3 heterocycles. The number of nitrogens with zero attached hydrogens (tertiary/aromatic N) is 6. The second-order valence-corrected chi connectivity index (χ2v) is 7.66. The van der Waals surface area contributed by atoms with Crippen molar-refractivity contribution in [3.05, 3.63) is 69.5 Å². The Bertz CT molecular complexity index is 1210. The fraction of sp³-hybridized carbons (Fsp3) is 0.318. The lowest BCUT2D eigenvalue weighted by Crippen LogP contribution is -2.25. The van der Waals surface area contributed by atoms with Gasteiger partial charge in [-0.3, -0.25) is 14.1 Å². The molecule has 0 spiro atoms. The molecule has 1 aromatic carbocycles. The first-order valence-electron chi connectivity index (χ1n) is 10.4. The summed E-state index contributed by atoms with van der Waals surface area (Å²) in [7, 11) is 0. The first kappa shape index (κ1) is 21.0. The highest BCUT2D eigenvalue weighted by Gasteiger charge is 2.18. The Kier molecular flexibility index (Phi) is 6.27. The lowest BCUT2D eigenvalue weighted by atomic mass is 10.0. The van der Waals surface area contributed by atoms with Gasteiger partial charge < -0.3 is 0 Å². The van der Waals surface area contributed by atoms with Crippen LogP contribution in [-0.4, -0.2) is 34.7 Å². The zero-order chi connectivity index (χ0) is 21.8. The van der Waals surface area contributed by atoms with E-state index in [2.05, 4.69) is 32.5 Å².